The highest BCUT2D eigenvalue weighted by Gasteiger charge is 2.28. The molecule has 1 N–H and O–H groups in total. The van der Waals surface area contributed by atoms with Gasteiger partial charge in [-0.2, -0.15) is 0 Å². The molecular formula is C17H16FNOS. The summed E-state index contributed by atoms with van der Waals surface area (Å²) in [5.41, 5.74) is 3.82. The van der Waals surface area contributed by atoms with Crippen LogP contribution in [0.2, 0.25) is 0 Å². The van der Waals surface area contributed by atoms with Crippen LogP contribution in [0.15, 0.2) is 41.3 Å². The zero-order chi connectivity index (χ0) is 15.0. The number of fused-ring (bicyclic) bond motifs is 1. The molecule has 3 rings (SSSR count). The SMILES string of the molecule is Cc1ccc2c(c1)S[C@H](C(=O)Nc1cc(F)ccc1C)C2. The van der Waals surface area contributed by atoms with Crippen molar-refractivity contribution in [1.82, 2.24) is 0 Å². The molecule has 1 heterocycles. The average Bonchev–Trinajstić information content (AvgIpc) is 2.86. The number of nitrogens with one attached hydrogen (secondary N) is 1. The second-order valence-electron chi connectivity index (χ2n) is 5.37. The molecule has 0 saturated heterocycles. The molecular weight excluding hydrogens is 285 g/mol. The van der Waals surface area contributed by atoms with E-state index < -0.39 is 0 Å². The van der Waals surface area contributed by atoms with Crippen LogP contribution in [0.1, 0.15) is 16.7 Å². The van der Waals surface area contributed by atoms with Crippen LogP contribution < -0.4 is 5.32 Å². The van der Waals surface area contributed by atoms with Crippen molar-refractivity contribution in [3.05, 3.63) is 58.9 Å². The summed E-state index contributed by atoms with van der Waals surface area (Å²) in [5.74, 6) is -0.406. The summed E-state index contributed by atoms with van der Waals surface area (Å²) in [5, 5.41) is 2.69. The van der Waals surface area contributed by atoms with Crippen LogP contribution in [0.3, 0.4) is 0 Å². The van der Waals surface area contributed by atoms with Crippen LogP contribution >= 0.6 is 11.8 Å². The molecule has 1 aliphatic heterocycles. The zero-order valence-corrected chi connectivity index (χ0v) is 12.8. The summed E-state index contributed by atoms with van der Waals surface area (Å²) in [6.07, 6.45) is 0.723. The topological polar surface area (TPSA) is 29.1 Å². The first kappa shape index (κ1) is 14.1. The molecule has 2 nitrogen and oxygen atoms in total. The second-order valence-corrected chi connectivity index (χ2v) is 6.61. The normalized spacial score (nSPS) is 16.6. The van der Waals surface area contributed by atoms with Gasteiger partial charge in [-0.1, -0.05) is 23.8 Å². The van der Waals surface area contributed by atoms with Gasteiger partial charge in [-0.3, -0.25) is 4.79 Å². The molecule has 21 heavy (non-hydrogen) atoms. The summed E-state index contributed by atoms with van der Waals surface area (Å²) >= 11 is 1.58. The Morgan fingerprint density at radius 3 is 2.86 bits per heavy atom. The fourth-order valence-corrected chi connectivity index (χ4v) is 3.72. The molecule has 2 aromatic carbocycles. The Balaban J connectivity index is 1.74. The lowest BCUT2D eigenvalue weighted by Crippen LogP contribution is -2.25. The van der Waals surface area contributed by atoms with Gasteiger partial charge < -0.3 is 5.32 Å². The van der Waals surface area contributed by atoms with E-state index in [1.165, 1.54) is 28.2 Å². The molecule has 0 bridgehead atoms. The van der Waals surface area contributed by atoms with E-state index in [0.717, 1.165) is 12.0 Å². The molecule has 0 spiro atoms. The number of rotatable bonds is 2. The lowest BCUT2D eigenvalue weighted by atomic mass is 10.1. The minimum Gasteiger partial charge on any atom is -0.325 e. The van der Waals surface area contributed by atoms with E-state index in [1.54, 1.807) is 17.8 Å². The van der Waals surface area contributed by atoms with Gasteiger partial charge in [0.05, 0.1) is 5.25 Å². The van der Waals surface area contributed by atoms with Crippen molar-refractivity contribution in [1.29, 1.82) is 0 Å². The smallest absolute Gasteiger partial charge is 0.238 e. The Morgan fingerprint density at radius 2 is 2.05 bits per heavy atom. The van der Waals surface area contributed by atoms with E-state index >= 15 is 0 Å². The Bertz CT molecular complexity index is 714. The van der Waals surface area contributed by atoms with Crippen LogP contribution in [-0.2, 0) is 11.2 Å². The van der Waals surface area contributed by atoms with Gasteiger partial charge in [0.15, 0.2) is 0 Å². The molecule has 108 valence electrons. The minimum atomic E-state index is -0.339. The summed E-state index contributed by atoms with van der Waals surface area (Å²) < 4.78 is 13.3. The summed E-state index contributed by atoms with van der Waals surface area (Å²) in [6.45, 7) is 3.90. The van der Waals surface area contributed by atoms with Crippen molar-refractivity contribution in [3.8, 4) is 0 Å². The lowest BCUT2D eigenvalue weighted by molar-refractivity contribution is -0.115. The van der Waals surface area contributed by atoms with Crippen molar-refractivity contribution in [2.24, 2.45) is 0 Å². The first-order chi connectivity index (χ1) is 10.0. The van der Waals surface area contributed by atoms with Gasteiger partial charge in [0, 0.05) is 10.6 Å². The summed E-state index contributed by atoms with van der Waals surface area (Å²) in [4.78, 5) is 13.5. The largest absolute Gasteiger partial charge is 0.325 e. The number of carbonyl (C=O) groups is 1. The van der Waals surface area contributed by atoms with Gasteiger partial charge >= 0.3 is 0 Å². The number of hydrogen-bond acceptors (Lipinski definition) is 2. The molecule has 0 unspecified atom stereocenters. The number of anilines is 1. The zero-order valence-electron chi connectivity index (χ0n) is 11.9. The third kappa shape index (κ3) is 2.95. The predicted molar refractivity (Wildman–Crippen MR) is 84.3 cm³/mol. The molecule has 0 aliphatic carbocycles. The summed E-state index contributed by atoms with van der Waals surface area (Å²) in [6, 6.07) is 10.7. The number of aryl methyl sites for hydroxylation is 2. The van der Waals surface area contributed by atoms with E-state index in [2.05, 4.69) is 23.5 Å². The van der Waals surface area contributed by atoms with Gasteiger partial charge in [-0.05, 0) is 49.6 Å². The van der Waals surface area contributed by atoms with Crippen LogP contribution in [-0.4, -0.2) is 11.2 Å². The maximum absolute atomic E-state index is 13.3. The highest BCUT2D eigenvalue weighted by molar-refractivity contribution is 8.01. The standard InChI is InChI=1S/C17H16FNOS/c1-10-3-5-12-8-16(21-15(12)7-10)17(20)19-14-9-13(18)6-4-11(14)2/h3-7,9,16H,8H2,1-2H3,(H,19,20)/t16-/m0/s1. The van der Waals surface area contributed by atoms with E-state index in [9.17, 15) is 9.18 Å². The fraction of sp³-hybridized carbons (Fsp3) is 0.235. The third-order valence-electron chi connectivity index (χ3n) is 3.65. The van der Waals surface area contributed by atoms with Gasteiger partial charge in [0.2, 0.25) is 5.91 Å². The number of thioether (sulfide) groups is 1. The van der Waals surface area contributed by atoms with Crippen LogP contribution in [0.4, 0.5) is 10.1 Å². The number of halogens is 1. The van der Waals surface area contributed by atoms with Crippen molar-refractivity contribution in [2.45, 2.75) is 30.4 Å². The van der Waals surface area contributed by atoms with Gasteiger partial charge in [-0.15, -0.1) is 11.8 Å². The maximum Gasteiger partial charge on any atom is 0.238 e. The number of hydrogen-bond donors (Lipinski definition) is 1. The highest BCUT2D eigenvalue weighted by Crippen LogP contribution is 2.38. The Labute approximate surface area is 127 Å². The summed E-state index contributed by atoms with van der Waals surface area (Å²) in [7, 11) is 0. The molecule has 0 radical (unpaired) electrons. The molecule has 0 fully saturated rings. The fourth-order valence-electron chi connectivity index (χ4n) is 2.42. The minimum absolute atomic E-state index is 0.0671. The van der Waals surface area contributed by atoms with Crippen LogP contribution in [0, 0.1) is 19.7 Å². The van der Waals surface area contributed by atoms with Gasteiger partial charge in [-0.25, -0.2) is 4.39 Å². The van der Waals surface area contributed by atoms with E-state index in [-0.39, 0.29) is 17.0 Å². The molecule has 0 aromatic heterocycles. The Morgan fingerprint density at radius 1 is 1.24 bits per heavy atom. The molecule has 1 amide bonds. The number of amides is 1. The second kappa shape index (κ2) is 5.53. The molecule has 0 saturated carbocycles. The van der Waals surface area contributed by atoms with E-state index in [4.69, 9.17) is 0 Å². The van der Waals surface area contributed by atoms with E-state index in [1.807, 2.05) is 13.8 Å². The third-order valence-corrected chi connectivity index (χ3v) is 4.95. The van der Waals surface area contributed by atoms with Crippen molar-refractivity contribution in [3.63, 3.8) is 0 Å². The Kier molecular flexibility index (Phi) is 3.72. The lowest BCUT2D eigenvalue weighted by Gasteiger charge is -2.12. The molecule has 1 atom stereocenters. The Hall–Kier alpha value is -1.81. The van der Waals surface area contributed by atoms with Crippen molar-refractivity contribution >= 4 is 23.4 Å². The number of carbonyl (C=O) groups excluding carboxylic acids is 1. The van der Waals surface area contributed by atoms with Gasteiger partial charge in [0.25, 0.3) is 0 Å². The first-order valence-corrected chi connectivity index (χ1v) is 7.74. The molecule has 1 aliphatic rings. The predicted octanol–water partition coefficient (Wildman–Crippen LogP) is 4.10. The molecule has 4 heteroatoms. The first-order valence-electron chi connectivity index (χ1n) is 6.86. The number of benzene rings is 2. The van der Waals surface area contributed by atoms with E-state index in [0.29, 0.717) is 5.69 Å². The monoisotopic (exact) mass is 301 g/mol. The van der Waals surface area contributed by atoms with Crippen LogP contribution in [0.5, 0.6) is 0 Å². The quantitative estimate of drug-likeness (QED) is 0.905. The van der Waals surface area contributed by atoms with Crippen molar-refractivity contribution in [2.75, 3.05) is 5.32 Å². The highest BCUT2D eigenvalue weighted by atomic mass is 32.2. The maximum atomic E-state index is 13.3. The van der Waals surface area contributed by atoms with Crippen molar-refractivity contribution < 1.29 is 9.18 Å². The van der Waals surface area contributed by atoms with Gasteiger partial charge in [0.1, 0.15) is 5.82 Å². The van der Waals surface area contributed by atoms with Crippen LogP contribution in [0.25, 0.3) is 0 Å². The average molecular weight is 301 g/mol. The molecule has 2 aromatic rings.